The molecule has 0 radical (unpaired) electrons. The summed E-state index contributed by atoms with van der Waals surface area (Å²) >= 11 is 4.99. The van der Waals surface area contributed by atoms with E-state index in [0.29, 0.717) is 6.42 Å². The average molecular weight is 290 g/mol. The van der Waals surface area contributed by atoms with Crippen molar-refractivity contribution >= 4 is 33.0 Å². The Kier molecular flexibility index (Phi) is 4.09. The van der Waals surface area contributed by atoms with Gasteiger partial charge < -0.3 is 5.73 Å². The number of nitrogens with two attached hydrogens (primary N) is 1. The molecule has 1 unspecified atom stereocenters. The second-order valence-electron chi connectivity index (χ2n) is 4.68. The van der Waals surface area contributed by atoms with Crippen molar-refractivity contribution in [3.63, 3.8) is 0 Å². The number of hydrogen-bond donors (Lipinski definition) is 1. The Bertz CT molecular complexity index is 354. The first-order valence-corrected chi connectivity index (χ1v) is 6.50. The van der Waals surface area contributed by atoms with E-state index >= 15 is 0 Å². The van der Waals surface area contributed by atoms with E-state index in [9.17, 15) is 4.79 Å². The van der Waals surface area contributed by atoms with Gasteiger partial charge in [-0.2, -0.15) is 0 Å². The Balaban J connectivity index is 2.69. The van der Waals surface area contributed by atoms with Gasteiger partial charge in [0.2, 0.25) is 0 Å². The molecule has 0 amide bonds. The van der Waals surface area contributed by atoms with Gasteiger partial charge in [0.25, 0.3) is 0 Å². The maximum atomic E-state index is 11.9. The molecule has 1 heterocycles. The van der Waals surface area contributed by atoms with E-state index < -0.39 is 6.04 Å². The molecule has 2 N–H and O–H groups in total. The van der Waals surface area contributed by atoms with Crippen molar-refractivity contribution in [3.05, 3.63) is 20.8 Å². The molecule has 0 aliphatic heterocycles. The normalized spacial score (nSPS) is 13.9. The third kappa shape index (κ3) is 3.40. The van der Waals surface area contributed by atoms with Gasteiger partial charge in [0.1, 0.15) is 0 Å². The molecule has 0 saturated heterocycles. The maximum Gasteiger partial charge on any atom is 0.155 e. The molecule has 0 aliphatic rings. The van der Waals surface area contributed by atoms with Gasteiger partial charge in [-0.15, -0.1) is 11.3 Å². The molecule has 1 atom stereocenters. The van der Waals surface area contributed by atoms with Crippen LogP contribution in [0.1, 0.15) is 25.6 Å². The minimum atomic E-state index is -0.397. The highest BCUT2D eigenvalue weighted by atomic mass is 79.9. The van der Waals surface area contributed by atoms with Crippen molar-refractivity contribution in [1.29, 1.82) is 0 Å². The zero-order valence-electron chi connectivity index (χ0n) is 9.21. The van der Waals surface area contributed by atoms with Gasteiger partial charge in [0.05, 0.1) is 6.04 Å². The minimum Gasteiger partial charge on any atom is -0.321 e. The number of Topliss-reactive ketones (excluding diaryl/α,β-unsaturated/α-hetero) is 1. The summed E-state index contributed by atoms with van der Waals surface area (Å²) < 4.78 is 1.00. The van der Waals surface area contributed by atoms with E-state index in [0.717, 1.165) is 9.35 Å². The van der Waals surface area contributed by atoms with E-state index in [1.54, 1.807) is 11.3 Å². The number of hydrogen-bond acceptors (Lipinski definition) is 3. The van der Waals surface area contributed by atoms with Crippen LogP contribution in [0.2, 0.25) is 0 Å². The van der Waals surface area contributed by atoms with Gasteiger partial charge in [-0.1, -0.05) is 20.8 Å². The Labute approximate surface area is 103 Å². The fourth-order valence-corrected chi connectivity index (χ4v) is 2.70. The Morgan fingerprint density at radius 1 is 1.60 bits per heavy atom. The van der Waals surface area contributed by atoms with Crippen LogP contribution in [0.25, 0.3) is 0 Å². The van der Waals surface area contributed by atoms with Crippen LogP contribution in [-0.4, -0.2) is 11.8 Å². The molecule has 1 aromatic heterocycles. The standard InChI is InChI=1S/C11H16BrNOS/c1-11(2,3)10(13)8(14)6-9-7(12)4-5-15-9/h4-5,10H,6,13H2,1-3H3. The molecule has 1 aromatic rings. The van der Waals surface area contributed by atoms with Gasteiger partial charge in [-0.25, -0.2) is 0 Å². The summed E-state index contributed by atoms with van der Waals surface area (Å²) in [7, 11) is 0. The molecule has 0 aliphatic carbocycles. The van der Waals surface area contributed by atoms with Crippen LogP contribution in [0.4, 0.5) is 0 Å². The third-order valence-corrected chi connectivity index (χ3v) is 4.23. The molecule has 84 valence electrons. The largest absolute Gasteiger partial charge is 0.321 e. The van der Waals surface area contributed by atoms with Gasteiger partial charge in [-0.3, -0.25) is 4.79 Å². The molecule has 4 heteroatoms. The van der Waals surface area contributed by atoms with E-state index in [-0.39, 0.29) is 11.2 Å². The lowest BCUT2D eigenvalue weighted by molar-refractivity contribution is -0.121. The van der Waals surface area contributed by atoms with E-state index in [1.807, 2.05) is 32.2 Å². The molecule has 0 fully saturated rings. The minimum absolute atomic E-state index is 0.102. The molecule has 1 rings (SSSR count). The average Bonchev–Trinajstić information content (AvgIpc) is 2.49. The first-order valence-electron chi connectivity index (χ1n) is 4.82. The van der Waals surface area contributed by atoms with Crippen LogP contribution < -0.4 is 5.73 Å². The predicted octanol–water partition coefficient (Wildman–Crippen LogP) is 3.00. The summed E-state index contributed by atoms with van der Waals surface area (Å²) in [6.07, 6.45) is 0.427. The second-order valence-corrected chi connectivity index (χ2v) is 6.53. The highest BCUT2D eigenvalue weighted by molar-refractivity contribution is 9.10. The molecular weight excluding hydrogens is 274 g/mol. The number of thiophene rings is 1. The van der Waals surface area contributed by atoms with Crippen molar-refractivity contribution in [1.82, 2.24) is 0 Å². The topological polar surface area (TPSA) is 43.1 Å². The number of carbonyl (C=O) groups is 1. The van der Waals surface area contributed by atoms with Gasteiger partial charge in [0.15, 0.2) is 5.78 Å². The number of halogens is 1. The number of ketones is 1. The Morgan fingerprint density at radius 3 is 2.60 bits per heavy atom. The van der Waals surface area contributed by atoms with Crippen molar-refractivity contribution in [2.45, 2.75) is 33.2 Å². The molecule has 0 aromatic carbocycles. The molecular formula is C11H16BrNOS. The van der Waals surface area contributed by atoms with Crippen molar-refractivity contribution < 1.29 is 4.79 Å². The molecule has 0 saturated carbocycles. The Morgan fingerprint density at radius 2 is 2.20 bits per heavy atom. The summed E-state index contributed by atoms with van der Waals surface area (Å²) in [4.78, 5) is 12.9. The summed E-state index contributed by atoms with van der Waals surface area (Å²) in [6, 6.07) is 1.56. The van der Waals surface area contributed by atoms with Crippen LogP contribution in [0.3, 0.4) is 0 Å². The molecule has 2 nitrogen and oxygen atoms in total. The summed E-state index contributed by atoms with van der Waals surface area (Å²) in [5, 5.41) is 1.97. The smallest absolute Gasteiger partial charge is 0.155 e. The number of rotatable bonds is 3. The van der Waals surface area contributed by atoms with Crippen molar-refractivity contribution in [3.8, 4) is 0 Å². The van der Waals surface area contributed by atoms with Crippen molar-refractivity contribution in [2.75, 3.05) is 0 Å². The van der Waals surface area contributed by atoms with Gasteiger partial charge >= 0.3 is 0 Å². The fourth-order valence-electron chi connectivity index (χ4n) is 1.20. The third-order valence-electron chi connectivity index (χ3n) is 2.31. The Hall–Kier alpha value is -0.190. The zero-order valence-corrected chi connectivity index (χ0v) is 11.6. The summed E-state index contributed by atoms with van der Waals surface area (Å²) in [5.74, 6) is 0.102. The lowest BCUT2D eigenvalue weighted by atomic mass is 9.84. The van der Waals surface area contributed by atoms with E-state index in [2.05, 4.69) is 15.9 Å². The maximum absolute atomic E-state index is 11.9. The van der Waals surface area contributed by atoms with Crippen LogP contribution >= 0.6 is 27.3 Å². The van der Waals surface area contributed by atoms with Crippen LogP contribution in [0.5, 0.6) is 0 Å². The predicted molar refractivity (Wildman–Crippen MR) is 68.2 cm³/mol. The van der Waals surface area contributed by atoms with Gasteiger partial charge in [0, 0.05) is 15.8 Å². The van der Waals surface area contributed by atoms with Crippen LogP contribution in [0.15, 0.2) is 15.9 Å². The van der Waals surface area contributed by atoms with E-state index in [1.165, 1.54) is 0 Å². The van der Waals surface area contributed by atoms with E-state index in [4.69, 9.17) is 5.73 Å². The SMILES string of the molecule is CC(C)(C)C(N)C(=O)Cc1sccc1Br. The zero-order chi connectivity index (χ0) is 11.6. The first kappa shape index (κ1) is 12.9. The number of carbonyl (C=O) groups excluding carboxylic acids is 1. The highest BCUT2D eigenvalue weighted by Crippen LogP contribution is 2.25. The quantitative estimate of drug-likeness (QED) is 0.930. The van der Waals surface area contributed by atoms with Crippen LogP contribution in [0, 0.1) is 5.41 Å². The lowest BCUT2D eigenvalue weighted by Gasteiger charge is -2.25. The lowest BCUT2D eigenvalue weighted by Crippen LogP contribution is -2.43. The highest BCUT2D eigenvalue weighted by Gasteiger charge is 2.27. The summed E-state index contributed by atoms with van der Waals surface area (Å²) in [5.41, 5.74) is 5.73. The first-order chi connectivity index (χ1) is 6.82. The van der Waals surface area contributed by atoms with Crippen LogP contribution in [-0.2, 0) is 11.2 Å². The monoisotopic (exact) mass is 289 g/mol. The fraction of sp³-hybridized carbons (Fsp3) is 0.545. The summed E-state index contributed by atoms with van der Waals surface area (Å²) in [6.45, 7) is 5.96. The second kappa shape index (κ2) is 4.76. The van der Waals surface area contributed by atoms with Crippen molar-refractivity contribution in [2.24, 2.45) is 11.1 Å². The molecule has 0 spiro atoms. The molecule has 15 heavy (non-hydrogen) atoms. The van der Waals surface area contributed by atoms with Gasteiger partial charge in [-0.05, 0) is 32.8 Å². The molecule has 0 bridgehead atoms.